The highest BCUT2D eigenvalue weighted by Gasteiger charge is 2.17. The second-order valence-electron chi connectivity index (χ2n) is 3.49. The van der Waals surface area contributed by atoms with Crippen molar-refractivity contribution in [1.29, 1.82) is 0 Å². The minimum atomic E-state index is -0.430. The molecule has 0 aromatic carbocycles. The molecule has 0 radical (unpaired) electrons. The smallest absolute Gasteiger partial charge is 0.146 e. The number of hydrogen-bond donors (Lipinski definition) is 2. The van der Waals surface area contributed by atoms with Crippen LogP contribution in [0.2, 0.25) is 0 Å². The molecule has 16 heavy (non-hydrogen) atoms. The summed E-state index contributed by atoms with van der Waals surface area (Å²) in [7, 11) is 0. The molecule has 0 aliphatic carbocycles. The van der Waals surface area contributed by atoms with E-state index < -0.39 is 11.9 Å². The Balaban J connectivity index is 2.40. The van der Waals surface area contributed by atoms with E-state index in [1.54, 1.807) is 12.3 Å². The molecule has 0 amide bonds. The highest BCUT2D eigenvalue weighted by molar-refractivity contribution is 5.30. The predicted molar refractivity (Wildman–Crippen MR) is 56.8 cm³/mol. The van der Waals surface area contributed by atoms with Crippen LogP contribution in [0.3, 0.4) is 0 Å². The fourth-order valence-electron chi connectivity index (χ4n) is 1.60. The molecular formula is C11H12FN3O. The van der Waals surface area contributed by atoms with Crippen molar-refractivity contribution in [1.82, 2.24) is 10.4 Å². The number of pyridine rings is 1. The quantitative estimate of drug-likeness (QED) is 0.611. The third-order valence-corrected chi connectivity index (χ3v) is 2.37. The molecule has 0 fully saturated rings. The molecule has 0 bridgehead atoms. The van der Waals surface area contributed by atoms with Crippen molar-refractivity contribution in [2.45, 2.75) is 13.0 Å². The van der Waals surface area contributed by atoms with E-state index in [9.17, 15) is 4.39 Å². The summed E-state index contributed by atoms with van der Waals surface area (Å²) in [6.45, 7) is 1.82. The number of halogens is 1. The van der Waals surface area contributed by atoms with E-state index >= 15 is 0 Å². The Bertz CT molecular complexity index is 484. The second-order valence-corrected chi connectivity index (χ2v) is 3.49. The van der Waals surface area contributed by atoms with Crippen molar-refractivity contribution in [2.75, 3.05) is 0 Å². The number of nitrogens with two attached hydrogens (primary N) is 1. The maximum Gasteiger partial charge on any atom is 0.146 e. The van der Waals surface area contributed by atoms with Crippen LogP contribution in [0.15, 0.2) is 35.2 Å². The van der Waals surface area contributed by atoms with Crippen molar-refractivity contribution in [3.05, 3.63) is 53.5 Å². The van der Waals surface area contributed by atoms with Crippen molar-refractivity contribution in [3.63, 3.8) is 0 Å². The van der Waals surface area contributed by atoms with Gasteiger partial charge in [-0.25, -0.2) is 9.82 Å². The summed E-state index contributed by atoms with van der Waals surface area (Å²) in [4.78, 5) is 3.69. The monoisotopic (exact) mass is 221 g/mol. The van der Waals surface area contributed by atoms with E-state index in [1.165, 1.54) is 6.20 Å². The molecule has 0 aliphatic rings. The fraction of sp³-hybridized carbons (Fsp3) is 0.182. The molecule has 2 aromatic heterocycles. The number of nitrogens with one attached hydrogen (secondary N) is 1. The summed E-state index contributed by atoms with van der Waals surface area (Å²) in [6, 6.07) is 2.97. The normalized spacial score (nSPS) is 12.7. The number of rotatable bonds is 3. The highest BCUT2D eigenvalue weighted by atomic mass is 19.1. The van der Waals surface area contributed by atoms with Gasteiger partial charge in [-0.3, -0.25) is 10.8 Å². The van der Waals surface area contributed by atoms with Gasteiger partial charge in [0.2, 0.25) is 0 Å². The maximum absolute atomic E-state index is 13.5. The van der Waals surface area contributed by atoms with Crippen LogP contribution >= 0.6 is 0 Å². The third kappa shape index (κ3) is 1.95. The number of hydrazine groups is 1. The number of aromatic nitrogens is 1. The molecule has 0 saturated carbocycles. The van der Waals surface area contributed by atoms with E-state index in [1.807, 2.05) is 13.0 Å². The molecule has 0 spiro atoms. The highest BCUT2D eigenvalue weighted by Crippen LogP contribution is 2.24. The van der Waals surface area contributed by atoms with E-state index in [4.69, 9.17) is 10.3 Å². The van der Waals surface area contributed by atoms with Crippen LogP contribution in [-0.2, 0) is 0 Å². The SMILES string of the molecule is Cc1cc(C(NN)c2ccncc2F)co1. The molecule has 3 N–H and O–H groups in total. The number of furan rings is 1. The topological polar surface area (TPSA) is 64.1 Å². The Morgan fingerprint density at radius 2 is 2.38 bits per heavy atom. The van der Waals surface area contributed by atoms with Crippen LogP contribution < -0.4 is 11.3 Å². The lowest BCUT2D eigenvalue weighted by Crippen LogP contribution is -2.29. The molecule has 2 heterocycles. The maximum atomic E-state index is 13.5. The number of nitrogens with zero attached hydrogens (tertiary/aromatic N) is 1. The first-order valence-corrected chi connectivity index (χ1v) is 4.83. The predicted octanol–water partition coefficient (Wildman–Crippen LogP) is 1.67. The first-order chi connectivity index (χ1) is 7.72. The number of hydrogen-bond acceptors (Lipinski definition) is 4. The minimum Gasteiger partial charge on any atom is -0.469 e. The molecule has 2 rings (SSSR count). The molecule has 1 atom stereocenters. The lowest BCUT2D eigenvalue weighted by Gasteiger charge is -2.14. The van der Waals surface area contributed by atoms with Crippen molar-refractivity contribution >= 4 is 0 Å². The standard InChI is InChI=1S/C11H12FN3O/c1-7-4-8(6-16-7)11(15-13)9-2-3-14-5-10(9)12/h2-6,11,15H,13H2,1H3. The molecule has 4 nitrogen and oxygen atoms in total. The molecule has 84 valence electrons. The van der Waals surface area contributed by atoms with E-state index in [-0.39, 0.29) is 0 Å². The zero-order valence-electron chi connectivity index (χ0n) is 8.77. The van der Waals surface area contributed by atoms with Crippen LogP contribution in [0.25, 0.3) is 0 Å². The van der Waals surface area contributed by atoms with Gasteiger partial charge in [-0.05, 0) is 19.1 Å². The first-order valence-electron chi connectivity index (χ1n) is 4.83. The Hall–Kier alpha value is -1.72. The lowest BCUT2D eigenvalue weighted by atomic mass is 10.0. The van der Waals surface area contributed by atoms with Gasteiger partial charge in [0.1, 0.15) is 11.6 Å². The summed E-state index contributed by atoms with van der Waals surface area (Å²) in [6.07, 6.45) is 4.24. The molecular weight excluding hydrogens is 209 g/mol. The molecule has 2 aromatic rings. The number of aryl methyl sites for hydroxylation is 1. The Morgan fingerprint density at radius 1 is 1.56 bits per heavy atom. The van der Waals surface area contributed by atoms with Gasteiger partial charge in [0.05, 0.1) is 18.5 Å². The van der Waals surface area contributed by atoms with Gasteiger partial charge >= 0.3 is 0 Å². The Morgan fingerprint density at radius 3 is 2.94 bits per heavy atom. The third-order valence-electron chi connectivity index (χ3n) is 2.37. The summed E-state index contributed by atoms with van der Waals surface area (Å²) in [5.74, 6) is 5.79. The summed E-state index contributed by atoms with van der Waals surface area (Å²) < 4.78 is 18.7. The molecule has 5 heteroatoms. The van der Waals surface area contributed by atoms with E-state index in [0.29, 0.717) is 5.56 Å². The summed E-state index contributed by atoms with van der Waals surface area (Å²) in [5, 5.41) is 0. The van der Waals surface area contributed by atoms with Crippen molar-refractivity contribution in [2.24, 2.45) is 5.84 Å². The van der Waals surface area contributed by atoms with Crippen LogP contribution in [0, 0.1) is 12.7 Å². The van der Waals surface area contributed by atoms with Crippen LogP contribution in [0.1, 0.15) is 22.9 Å². The summed E-state index contributed by atoms with van der Waals surface area (Å²) in [5.41, 5.74) is 3.79. The van der Waals surface area contributed by atoms with E-state index in [0.717, 1.165) is 17.5 Å². The van der Waals surface area contributed by atoms with Gasteiger partial charge in [-0.2, -0.15) is 0 Å². The van der Waals surface area contributed by atoms with Gasteiger partial charge in [0.25, 0.3) is 0 Å². The zero-order chi connectivity index (χ0) is 11.5. The van der Waals surface area contributed by atoms with Crippen molar-refractivity contribution < 1.29 is 8.81 Å². The van der Waals surface area contributed by atoms with Gasteiger partial charge < -0.3 is 4.42 Å². The largest absolute Gasteiger partial charge is 0.469 e. The van der Waals surface area contributed by atoms with Gasteiger partial charge in [-0.15, -0.1) is 0 Å². The average Bonchev–Trinajstić information content (AvgIpc) is 2.69. The van der Waals surface area contributed by atoms with E-state index in [2.05, 4.69) is 10.4 Å². The molecule has 0 aliphatic heterocycles. The molecule has 0 saturated heterocycles. The second kappa shape index (κ2) is 4.42. The van der Waals surface area contributed by atoms with Gasteiger partial charge in [0.15, 0.2) is 0 Å². The van der Waals surface area contributed by atoms with Gasteiger partial charge in [-0.1, -0.05) is 0 Å². The first kappa shape index (κ1) is 10.8. The van der Waals surface area contributed by atoms with Gasteiger partial charge in [0, 0.05) is 17.3 Å². The van der Waals surface area contributed by atoms with Crippen LogP contribution in [-0.4, -0.2) is 4.98 Å². The minimum absolute atomic E-state index is 0.399. The average molecular weight is 221 g/mol. The fourth-order valence-corrected chi connectivity index (χ4v) is 1.60. The lowest BCUT2D eigenvalue weighted by molar-refractivity contribution is 0.520. The molecule has 1 unspecified atom stereocenters. The zero-order valence-corrected chi connectivity index (χ0v) is 8.77. The summed E-state index contributed by atoms with van der Waals surface area (Å²) >= 11 is 0. The van der Waals surface area contributed by atoms with Crippen LogP contribution in [0.5, 0.6) is 0 Å². The van der Waals surface area contributed by atoms with Crippen molar-refractivity contribution in [3.8, 4) is 0 Å². The Kier molecular flexibility index (Phi) is 2.98. The Labute approximate surface area is 92.3 Å². The van der Waals surface area contributed by atoms with Crippen LogP contribution in [0.4, 0.5) is 4.39 Å².